The molecular formula is C16H15Cl2NO. The topological polar surface area (TPSA) is 35.2 Å². The summed E-state index contributed by atoms with van der Waals surface area (Å²) in [5.74, 6) is 0.884. The molecule has 20 heavy (non-hydrogen) atoms. The summed E-state index contributed by atoms with van der Waals surface area (Å²) < 4.78 is 5.96. The smallest absolute Gasteiger partial charge is 0.131 e. The van der Waals surface area contributed by atoms with Crippen LogP contribution in [0.15, 0.2) is 30.3 Å². The molecule has 2 nitrogen and oxygen atoms in total. The van der Waals surface area contributed by atoms with E-state index in [-0.39, 0.29) is 6.10 Å². The largest absolute Gasteiger partial charge is 0.488 e. The van der Waals surface area contributed by atoms with Crippen molar-refractivity contribution in [2.45, 2.75) is 19.4 Å². The Morgan fingerprint density at radius 1 is 1.25 bits per heavy atom. The van der Waals surface area contributed by atoms with Gasteiger partial charge in [0, 0.05) is 24.1 Å². The molecule has 0 aromatic heterocycles. The van der Waals surface area contributed by atoms with Crippen LogP contribution in [0.2, 0.25) is 10.0 Å². The van der Waals surface area contributed by atoms with Crippen molar-refractivity contribution in [3.63, 3.8) is 0 Å². The van der Waals surface area contributed by atoms with Crippen LogP contribution in [0.3, 0.4) is 0 Å². The third-order valence-electron chi connectivity index (χ3n) is 3.55. The van der Waals surface area contributed by atoms with Crippen molar-refractivity contribution in [3.8, 4) is 16.9 Å². The molecule has 1 unspecified atom stereocenters. The third kappa shape index (κ3) is 2.28. The molecule has 0 saturated carbocycles. The van der Waals surface area contributed by atoms with Gasteiger partial charge >= 0.3 is 0 Å². The summed E-state index contributed by atoms with van der Waals surface area (Å²) in [5, 5.41) is 1.11. The highest BCUT2D eigenvalue weighted by molar-refractivity contribution is 6.43. The highest BCUT2D eigenvalue weighted by atomic mass is 35.5. The predicted octanol–water partition coefficient (Wildman–Crippen LogP) is 4.23. The van der Waals surface area contributed by atoms with Gasteiger partial charge in [0.25, 0.3) is 0 Å². The monoisotopic (exact) mass is 307 g/mol. The molecule has 1 aliphatic heterocycles. The van der Waals surface area contributed by atoms with Crippen LogP contribution in [0.5, 0.6) is 5.75 Å². The number of halogens is 2. The molecule has 3 rings (SSSR count). The summed E-state index contributed by atoms with van der Waals surface area (Å²) >= 11 is 12.5. The van der Waals surface area contributed by atoms with Gasteiger partial charge in [-0.25, -0.2) is 0 Å². The van der Waals surface area contributed by atoms with E-state index in [2.05, 4.69) is 19.1 Å². The summed E-state index contributed by atoms with van der Waals surface area (Å²) in [5.41, 5.74) is 9.97. The maximum Gasteiger partial charge on any atom is 0.131 e. The van der Waals surface area contributed by atoms with Gasteiger partial charge in [-0.1, -0.05) is 41.4 Å². The molecule has 0 fully saturated rings. The first-order chi connectivity index (χ1) is 9.60. The highest BCUT2D eigenvalue weighted by Gasteiger charge is 2.26. The van der Waals surface area contributed by atoms with Crippen LogP contribution in [0, 0.1) is 6.92 Å². The van der Waals surface area contributed by atoms with Crippen molar-refractivity contribution in [1.29, 1.82) is 0 Å². The van der Waals surface area contributed by atoms with Crippen LogP contribution < -0.4 is 10.5 Å². The molecule has 0 bridgehead atoms. The van der Waals surface area contributed by atoms with Crippen molar-refractivity contribution < 1.29 is 4.74 Å². The second kappa shape index (κ2) is 5.28. The van der Waals surface area contributed by atoms with Crippen LogP contribution in [-0.2, 0) is 6.42 Å². The van der Waals surface area contributed by atoms with E-state index in [0.29, 0.717) is 16.6 Å². The summed E-state index contributed by atoms with van der Waals surface area (Å²) in [6.07, 6.45) is 0.891. The van der Waals surface area contributed by atoms with Gasteiger partial charge in [0.15, 0.2) is 0 Å². The van der Waals surface area contributed by atoms with Gasteiger partial charge in [0.2, 0.25) is 0 Å². The van der Waals surface area contributed by atoms with E-state index in [1.807, 2.05) is 12.1 Å². The molecule has 1 aliphatic rings. The summed E-state index contributed by atoms with van der Waals surface area (Å²) in [4.78, 5) is 0. The van der Waals surface area contributed by atoms with Crippen LogP contribution in [0.25, 0.3) is 11.1 Å². The van der Waals surface area contributed by atoms with E-state index in [1.54, 1.807) is 6.07 Å². The fourth-order valence-corrected chi connectivity index (χ4v) is 3.04. The molecular weight excluding hydrogens is 293 g/mol. The normalized spacial score (nSPS) is 16.9. The maximum atomic E-state index is 6.34. The van der Waals surface area contributed by atoms with Crippen molar-refractivity contribution in [2.24, 2.45) is 5.73 Å². The lowest BCUT2D eigenvalue weighted by atomic mass is 9.98. The zero-order valence-corrected chi connectivity index (χ0v) is 12.6. The average Bonchev–Trinajstić information content (AvgIpc) is 2.84. The quantitative estimate of drug-likeness (QED) is 0.901. The molecule has 0 aliphatic carbocycles. The number of hydrogen-bond donors (Lipinski definition) is 1. The minimum absolute atomic E-state index is 0.0449. The first-order valence-corrected chi connectivity index (χ1v) is 7.30. The number of nitrogens with two attached hydrogens (primary N) is 1. The maximum absolute atomic E-state index is 6.34. The average molecular weight is 308 g/mol. The molecule has 0 radical (unpaired) electrons. The number of hydrogen-bond acceptors (Lipinski definition) is 2. The standard InChI is InChI=1S/C16H15Cl2NO/c1-9-5-10-7-11(8-19)20-16(10)13(6-9)12-3-2-4-14(17)15(12)18/h2-6,11H,7-8,19H2,1H3. The molecule has 0 saturated heterocycles. The number of ether oxygens (including phenoxy) is 1. The van der Waals surface area contributed by atoms with Gasteiger partial charge in [-0.3, -0.25) is 0 Å². The summed E-state index contributed by atoms with van der Waals surface area (Å²) in [6, 6.07) is 9.87. The minimum Gasteiger partial charge on any atom is -0.488 e. The van der Waals surface area contributed by atoms with Crippen LogP contribution >= 0.6 is 23.2 Å². The molecule has 104 valence electrons. The Bertz CT molecular complexity index is 670. The fourth-order valence-electron chi connectivity index (χ4n) is 2.64. The highest BCUT2D eigenvalue weighted by Crippen LogP contribution is 2.43. The van der Waals surface area contributed by atoms with E-state index in [9.17, 15) is 0 Å². The van der Waals surface area contributed by atoms with Crippen molar-refractivity contribution in [3.05, 3.63) is 51.5 Å². The van der Waals surface area contributed by atoms with Gasteiger partial charge in [-0.15, -0.1) is 0 Å². The zero-order chi connectivity index (χ0) is 14.3. The second-order valence-electron chi connectivity index (χ2n) is 5.08. The Labute approximate surface area is 128 Å². The van der Waals surface area contributed by atoms with Gasteiger partial charge < -0.3 is 10.5 Å². The number of fused-ring (bicyclic) bond motifs is 1. The Kier molecular flexibility index (Phi) is 3.63. The Balaban J connectivity index is 2.18. The summed E-state index contributed by atoms with van der Waals surface area (Å²) in [7, 11) is 0. The Morgan fingerprint density at radius 3 is 2.80 bits per heavy atom. The lowest BCUT2D eigenvalue weighted by molar-refractivity contribution is 0.242. The Hall–Kier alpha value is -1.22. The lowest BCUT2D eigenvalue weighted by Crippen LogP contribution is -2.24. The molecule has 1 atom stereocenters. The summed E-state index contributed by atoms with van der Waals surface area (Å²) in [6.45, 7) is 2.58. The Morgan fingerprint density at radius 2 is 2.05 bits per heavy atom. The van der Waals surface area contributed by atoms with Crippen LogP contribution in [0.1, 0.15) is 11.1 Å². The third-order valence-corrected chi connectivity index (χ3v) is 4.37. The SMILES string of the molecule is Cc1cc2c(c(-c3cccc(Cl)c3Cl)c1)OC(CN)C2. The molecule has 4 heteroatoms. The first-order valence-electron chi connectivity index (χ1n) is 6.54. The zero-order valence-electron chi connectivity index (χ0n) is 11.1. The van der Waals surface area contributed by atoms with E-state index in [0.717, 1.165) is 23.3 Å². The van der Waals surface area contributed by atoms with Gasteiger partial charge in [-0.2, -0.15) is 0 Å². The van der Waals surface area contributed by atoms with Gasteiger partial charge in [-0.05, 0) is 30.2 Å². The molecule has 2 aromatic carbocycles. The molecule has 0 spiro atoms. The number of rotatable bonds is 2. The van der Waals surface area contributed by atoms with Crippen molar-refractivity contribution in [2.75, 3.05) is 6.54 Å². The van der Waals surface area contributed by atoms with E-state index in [4.69, 9.17) is 33.7 Å². The van der Waals surface area contributed by atoms with E-state index < -0.39 is 0 Å². The molecule has 1 heterocycles. The number of aryl methyl sites for hydroxylation is 1. The van der Waals surface area contributed by atoms with Gasteiger partial charge in [0.1, 0.15) is 11.9 Å². The van der Waals surface area contributed by atoms with Crippen LogP contribution in [-0.4, -0.2) is 12.6 Å². The minimum atomic E-state index is 0.0449. The molecule has 2 N–H and O–H groups in total. The number of benzene rings is 2. The molecule has 2 aromatic rings. The predicted molar refractivity (Wildman–Crippen MR) is 83.8 cm³/mol. The van der Waals surface area contributed by atoms with E-state index in [1.165, 1.54) is 11.1 Å². The van der Waals surface area contributed by atoms with Gasteiger partial charge in [0.05, 0.1) is 10.0 Å². The first kappa shape index (κ1) is 13.7. The molecule has 0 amide bonds. The van der Waals surface area contributed by atoms with Crippen molar-refractivity contribution in [1.82, 2.24) is 0 Å². The van der Waals surface area contributed by atoms with Crippen molar-refractivity contribution >= 4 is 23.2 Å². The van der Waals surface area contributed by atoms with E-state index >= 15 is 0 Å². The second-order valence-corrected chi connectivity index (χ2v) is 5.87. The lowest BCUT2D eigenvalue weighted by Gasteiger charge is -2.13. The van der Waals surface area contributed by atoms with Crippen LogP contribution in [0.4, 0.5) is 0 Å². The fraction of sp³-hybridized carbons (Fsp3) is 0.250.